The van der Waals surface area contributed by atoms with Crippen LogP contribution in [0.2, 0.25) is 0 Å². The Hall–Kier alpha value is -3.74. The summed E-state index contributed by atoms with van der Waals surface area (Å²) in [6.45, 7) is 8.49. The lowest BCUT2D eigenvalue weighted by molar-refractivity contribution is -0.139. The number of aromatic nitrogens is 3. The number of ether oxygens (including phenoxy) is 1. The number of imidazole rings is 1. The number of aryl methyl sites for hydroxylation is 2. The van der Waals surface area contributed by atoms with Gasteiger partial charge in [0.25, 0.3) is 0 Å². The molecule has 1 N–H and O–H groups in total. The van der Waals surface area contributed by atoms with Crippen molar-refractivity contribution in [2.45, 2.75) is 46.8 Å². The lowest BCUT2D eigenvalue weighted by Gasteiger charge is -2.12. The molecule has 0 radical (unpaired) electrons. The van der Waals surface area contributed by atoms with Gasteiger partial charge in [-0.1, -0.05) is 49.7 Å². The molecule has 2 atom stereocenters. The van der Waals surface area contributed by atoms with Crippen LogP contribution in [0.3, 0.4) is 0 Å². The van der Waals surface area contributed by atoms with E-state index < -0.39 is 23.1 Å². The summed E-state index contributed by atoms with van der Waals surface area (Å²) in [5.41, 5.74) is 4.30. The SMILES string of the molecule is Cc1ccc(Cn2c(C3[C@@H](C(=O)O)C3(C)C)nc3c(F)cc(OCc4ccc(C)cn4)cc32)cc1. The van der Waals surface area contributed by atoms with E-state index in [0.717, 1.165) is 22.4 Å². The summed E-state index contributed by atoms with van der Waals surface area (Å²) in [5.74, 6) is -1.26. The van der Waals surface area contributed by atoms with Crippen LogP contribution >= 0.6 is 0 Å². The third kappa shape index (κ3) is 4.27. The van der Waals surface area contributed by atoms with Gasteiger partial charge in [0.2, 0.25) is 0 Å². The number of halogens is 1. The normalized spacial score (nSPS) is 18.5. The van der Waals surface area contributed by atoms with Gasteiger partial charge in [0, 0.05) is 30.8 Å². The summed E-state index contributed by atoms with van der Waals surface area (Å²) in [6.07, 6.45) is 1.77. The number of pyridine rings is 1. The first-order valence-corrected chi connectivity index (χ1v) is 11.7. The van der Waals surface area contributed by atoms with E-state index in [0.29, 0.717) is 23.6 Å². The number of carboxylic acids is 1. The Kier molecular flexibility index (Phi) is 5.58. The number of hydrogen-bond acceptors (Lipinski definition) is 4. The van der Waals surface area contributed by atoms with Gasteiger partial charge in [-0.05, 0) is 36.5 Å². The molecule has 4 aromatic rings. The van der Waals surface area contributed by atoms with E-state index in [1.54, 1.807) is 12.3 Å². The predicted molar refractivity (Wildman–Crippen MR) is 131 cm³/mol. The van der Waals surface area contributed by atoms with Crippen molar-refractivity contribution in [1.29, 1.82) is 0 Å². The van der Waals surface area contributed by atoms with Crippen molar-refractivity contribution in [2.75, 3.05) is 0 Å². The highest BCUT2D eigenvalue weighted by Crippen LogP contribution is 2.64. The number of nitrogens with zero attached hydrogens (tertiary/aromatic N) is 3. The molecule has 0 amide bonds. The van der Waals surface area contributed by atoms with Crippen LogP contribution in [0.4, 0.5) is 4.39 Å². The molecular formula is C28H28FN3O3. The minimum absolute atomic E-state index is 0.209. The number of carboxylic acid groups (broad SMARTS) is 1. The lowest BCUT2D eigenvalue weighted by Crippen LogP contribution is -2.07. The Morgan fingerprint density at radius 3 is 2.46 bits per heavy atom. The maximum Gasteiger partial charge on any atom is 0.307 e. The molecule has 1 saturated carbocycles. The van der Waals surface area contributed by atoms with Crippen molar-refractivity contribution in [3.05, 3.63) is 88.8 Å². The van der Waals surface area contributed by atoms with Crippen LogP contribution in [0.25, 0.3) is 11.0 Å². The average Bonchev–Trinajstić information content (AvgIpc) is 3.22. The number of rotatable bonds is 7. The molecule has 0 bridgehead atoms. The number of hydrogen-bond donors (Lipinski definition) is 1. The Labute approximate surface area is 203 Å². The molecule has 6 nitrogen and oxygen atoms in total. The second kappa shape index (κ2) is 8.48. The monoisotopic (exact) mass is 473 g/mol. The predicted octanol–water partition coefficient (Wildman–Crippen LogP) is 5.64. The molecule has 1 aliphatic carbocycles. The summed E-state index contributed by atoms with van der Waals surface area (Å²) >= 11 is 0. The van der Waals surface area contributed by atoms with Crippen LogP contribution in [0, 0.1) is 31.0 Å². The van der Waals surface area contributed by atoms with Crippen LogP contribution in [0.15, 0.2) is 54.7 Å². The summed E-state index contributed by atoms with van der Waals surface area (Å²) in [7, 11) is 0. The average molecular weight is 474 g/mol. The van der Waals surface area contributed by atoms with E-state index in [9.17, 15) is 9.90 Å². The van der Waals surface area contributed by atoms with Gasteiger partial charge in [-0.2, -0.15) is 0 Å². The van der Waals surface area contributed by atoms with Crippen molar-refractivity contribution < 1.29 is 19.0 Å². The van der Waals surface area contributed by atoms with Gasteiger partial charge >= 0.3 is 5.97 Å². The molecule has 1 unspecified atom stereocenters. The smallest absolute Gasteiger partial charge is 0.307 e. The topological polar surface area (TPSA) is 77.2 Å². The van der Waals surface area contributed by atoms with E-state index in [1.807, 2.05) is 68.7 Å². The van der Waals surface area contributed by atoms with E-state index >= 15 is 4.39 Å². The maximum absolute atomic E-state index is 15.3. The molecule has 0 spiro atoms. The lowest BCUT2D eigenvalue weighted by atomic mass is 10.1. The minimum Gasteiger partial charge on any atom is -0.487 e. The third-order valence-corrected chi connectivity index (χ3v) is 7.00. The van der Waals surface area contributed by atoms with Gasteiger partial charge < -0.3 is 14.4 Å². The molecule has 1 fully saturated rings. The van der Waals surface area contributed by atoms with E-state index in [2.05, 4.69) is 9.97 Å². The molecule has 0 saturated heterocycles. The highest BCUT2D eigenvalue weighted by molar-refractivity contribution is 5.81. The van der Waals surface area contributed by atoms with Crippen molar-refractivity contribution in [3.8, 4) is 5.75 Å². The van der Waals surface area contributed by atoms with Crippen LogP contribution in [-0.2, 0) is 17.9 Å². The zero-order chi connectivity index (χ0) is 24.9. The third-order valence-electron chi connectivity index (χ3n) is 7.00. The van der Waals surface area contributed by atoms with Gasteiger partial charge in [0.05, 0.1) is 17.1 Å². The van der Waals surface area contributed by atoms with Crippen LogP contribution in [0.5, 0.6) is 5.75 Å². The maximum atomic E-state index is 15.3. The van der Waals surface area contributed by atoms with E-state index in [4.69, 9.17) is 4.74 Å². The fraction of sp³-hybridized carbons (Fsp3) is 0.321. The van der Waals surface area contributed by atoms with Crippen molar-refractivity contribution >= 4 is 17.0 Å². The molecule has 5 rings (SSSR count). The molecule has 180 valence electrons. The first-order chi connectivity index (χ1) is 16.6. The van der Waals surface area contributed by atoms with Crippen molar-refractivity contribution in [3.63, 3.8) is 0 Å². The molecule has 0 aliphatic heterocycles. The van der Waals surface area contributed by atoms with E-state index in [-0.39, 0.29) is 18.0 Å². The number of aliphatic carboxylic acids is 1. The van der Waals surface area contributed by atoms with Gasteiger partial charge in [0.15, 0.2) is 5.82 Å². The first-order valence-electron chi connectivity index (χ1n) is 11.7. The first kappa shape index (κ1) is 23.0. The Bertz CT molecular complexity index is 1410. The molecule has 35 heavy (non-hydrogen) atoms. The van der Waals surface area contributed by atoms with Gasteiger partial charge in [0.1, 0.15) is 23.7 Å². The van der Waals surface area contributed by atoms with Gasteiger partial charge in [-0.3, -0.25) is 9.78 Å². The zero-order valence-electron chi connectivity index (χ0n) is 20.2. The highest BCUT2D eigenvalue weighted by Gasteiger charge is 2.64. The fourth-order valence-electron chi connectivity index (χ4n) is 4.86. The van der Waals surface area contributed by atoms with Crippen LogP contribution in [0.1, 0.15) is 48.0 Å². The van der Waals surface area contributed by atoms with Gasteiger partial charge in [-0.25, -0.2) is 9.37 Å². The summed E-state index contributed by atoms with van der Waals surface area (Å²) in [6, 6.07) is 15.0. The second-order valence-electron chi connectivity index (χ2n) is 10.0. The van der Waals surface area contributed by atoms with Crippen LogP contribution in [-0.4, -0.2) is 25.6 Å². The molecular weight excluding hydrogens is 445 g/mol. The standard InChI is InChI=1S/C28H28FN3O3/c1-16-5-8-18(9-6-16)14-32-22-12-20(35-15-19-10-7-17(2)13-30-19)11-21(29)25(22)31-26(32)23-24(27(33)34)28(23,3)4/h5-13,23-24H,14-15H2,1-4H3,(H,33,34)/t23?,24-/m0/s1. The summed E-state index contributed by atoms with van der Waals surface area (Å²) in [5, 5.41) is 9.76. The number of carbonyl (C=O) groups is 1. The number of fused-ring (bicyclic) bond motifs is 1. The summed E-state index contributed by atoms with van der Waals surface area (Å²) in [4.78, 5) is 20.9. The second-order valence-corrected chi connectivity index (χ2v) is 10.0. The largest absolute Gasteiger partial charge is 0.487 e. The molecule has 1 aliphatic rings. The van der Waals surface area contributed by atoms with Gasteiger partial charge in [-0.15, -0.1) is 0 Å². The molecule has 2 heterocycles. The van der Waals surface area contributed by atoms with Crippen molar-refractivity contribution in [1.82, 2.24) is 14.5 Å². The van der Waals surface area contributed by atoms with E-state index in [1.165, 1.54) is 6.07 Å². The Morgan fingerprint density at radius 1 is 1.11 bits per heavy atom. The molecule has 7 heteroatoms. The van der Waals surface area contributed by atoms with Crippen molar-refractivity contribution in [2.24, 2.45) is 11.3 Å². The summed E-state index contributed by atoms with van der Waals surface area (Å²) < 4.78 is 23.1. The molecule has 2 aromatic carbocycles. The quantitative estimate of drug-likeness (QED) is 0.376. The fourth-order valence-corrected chi connectivity index (χ4v) is 4.86. The highest BCUT2D eigenvalue weighted by atomic mass is 19.1. The number of benzene rings is 2. The molecule has 2 aromatic heterocycles. The Balaban J connectivity index is 1.56. The van der Waals surface area contributed by atoms with Crippen LogP contribution < -0.4 is 4.74 Å². The zero-order valence-corrected chi connectivity index (χ0v) is 20.2. The minimum atomic E-state index is -0.857. The Morgan fingerprint density at radius 2 is 1.83 bits per heavy atom.